The second-order valence-electron chi connectivity index (χ2n) is 6.14. The van der Waals surface area contributed by atoms with Crippen LogP contribution in [0.4, 0.5) is 0 Å². The van der Waals surface area contributed by atoms with E-state index in [1.54, 1.807) is 0 Å². The summed E-state index contributed by atoms with van der Waals surface area (Å²) in [6.45, 7) is 4.62. The third kappa shape index (κ3) is 4.15. The van der Waals surface area contributed by atoms with Gasteiger partial charge in [0.2, 0.25) is 0 Å². The number of rotatable bonds is 5. The van der Waals surface area contributed by atoms with Gasteiger partial charge in [-0.3, -0.25) is 0 Å². The van der Waals surface area contributed by atoms with E-state index in [0.717, 1.165) is 38.3 Å². The summed E-state index contributed by atoms with van der Waals surface area (Å²) in [5.41, 5.74) is 1.41. The van der Waals surface area contributed by atoms with Gasteiger partial charge in [0.05, 0.1) is 5.60 Å². The predicted molar refractivity (Wildman–Crippen MR) is 88.3 cm³/mol. The van der Waals surface area contributed by atoms with Crippen molar-refractivity contribution in [1.82, 2.24) is 5.32 Å². The Hall–Kier alpha value is -0.710. The highest BCUT2D eigenvalue weighted by Crippen LogP contribution is 2.38. The summed E-state index contributed by atoms with van der Waals surface area (Å²) >= 11 is 2.03. The molecule has 2 heterocycles. The van der Waals surface area contributed by atoms with Crippen LogP contribution in [-0.2, 0) is 4.74 Å². The fourth-order valence-electron chi connectivity index (χ4n) is 3.20. The van der Waals surface area contributed by atoms with Crippen molar-refractivity contribution < 1.29 is 9.47 Å². The first-order valence-electron chi connectivity index (χ1n) is 7.90. The summed E-state index contributed by atoms with van der Waals surface area (Å²) in [7, 11) is 0. The summed E-state index contributed by atoms with van der Waals surface area (Å²) in [5, 5.41) is 3.64. The normalized spacial score (nSPS) is 28.9. The van der Waals surface area contributed by atoms with Gasteiger partial charge in [0.1, 0.15) is 12.4 Å². The second kappa shape index (κ2) is 7.03. The molecule has 1 N–H and O–H groups in total. The van der Waals surface area contributed by atoms with E-state index in [1.807, 2.05) is 23.9 Å². The van der Waals surface area contributed by atoms with E-state index in [1.165, 1.54) is 23.5 Å². The number of thioether (sulfide) groups is 1. The minimum atomic E-state index is 0.165. The molecule has 21 heavy (non-hydrogen) atoms. The van der Waals surface area contributed by atoms with Crippen LogP contribution in [0.15, 0.2) is 24.3 Å². The first-order chi connectivity index (χ1) is 10.3. The standard InChI is InChI=1S/C17H25NO2S/c1-14-3-2-4-16(11-14)19-9-7-18-15-5-8-20-17(12-15)6-10-21-13-17/h2-4,11,15,18H,5-10,12-13H2,1H3. The molecule has 116 valence electrons. The molecule has 0 aliphatic carbocycles. The minimum absolute atomic E-state index is 0.165. The largest absolute Gasteiger partial charge is 0.492 e. The van der Waals surface area contributed by atoms with Gasteiger partial charge >= 0.3 is 0 Å². The number of ether oxygens (including phenoxy) is 2. The molecule has 2 atom stereocenters. The lowest BCUT2D eigenvalue weighted by atomic mass is 9.90. The fraction of sp³-hybridized carbons (Fsp3) is 0.647. The summed E-state index contributed by atoms with van der Waals surface area (Å²) < 4.78 is 11.9. The quantitative estimate of drug-likeness (QED) is 0.847. The molecule has 2 aliphatic rings. The summed E-state index contributed by atoms with van der Waals surface area (Å²) in [4.78, 5) is 0. The molecule has 1 spiro atoms. The summed E-state index contributed by atoms with van der Waals surface area (Å²) in [5.74, 6) is 3.39. The van der Waals surface area contributed by atoms with E-state index in [4.69, 9.17) is 9.47 Å². The molecule has 2 saturated heterocycles. The Morgan fingerprint density at radius 3 is 3.24 bits per heavy atom. The van der Waals surface area contributed by atoms with E-state index in [-0.39, 0.29) is 5.60 Å². The van der Waals surface area contributed by atoms with Gasteiger partial charge in [0.25, 0.3) is 0 Å². The van der Waals surface area contributed by atoms with Crippen LogP contribution < -0.4 is 10.1 Å². The number of hydrogen-bond donors (Lipinski definition) is 1. The van der Waals surface area contributed by atoms with Crippen molar-refractivity contribution in [2.75, 3.05) is 31.3 Å². The number of nitrogens with one attached hydrogen (secondary N) is 1. The van der Waals surface area contributed by atoms with Gasteiger partial charge in [-0.2, -0.15) is 11.8 Å². The van der Waals surface area contributed by atoms with Crippen molar-refractivity contribution in [3.8, 4) is 5.75 Å². The van der Waals surface area contributed by atoms with Crippen LogP contribution in [-0.4, -0.2) is 42.9 Å². The van der Waals surface area contributed by atoms with Gasteiger partial charge < -0.3 is 14.8 Å². The summed E-state index contributed by atoms with van der Waals surface area (Å²) in [6.07, 6.45) is 3.50. The smallest absolute Gasteiger partial charge is 0.119 e. The second-order valence-corrected chi connectivity index (χ2v) is 7.25. The zero-order valence-electron chi connectivity index (χ0n) is 12.8. The van der Waals surface area contributed by atoms with E-state index >= 15 is 0 Å². The molecule has 0 radical (unpaired) electrons. The molecule has 2 unspecified atom stereocenters. The van der Waals surface area contributed by atoms with E-state index in [9.17, 15) is 0 Å². The molecule has 0 amide bonds. The lowest BCUT2D eigenvalue weighted by Gasteiger charge is -2.38. The van der Waals surface area contributed by atoms with Crippen molar-refractivity contribution in [2.24, 2.45) is 0 Å². The Kier molecular flexibility index (Phi) is 5.09. The van der Waals surface area contributed by atoms with Crippen LogP contribution >= 0.6 is 11.8 Å². The van der Waals surface area contributed by atoms with Crippen LogP contribution in [0.5, 0.6) is 5.75 Å². The number of benzene rings is 1. The van der Waals surface area contributed by atoms with Crippen LogP contribution in [0.25, 0.3) is 0 Å². The Labute approximate surface area is 131 Å². The Balaban J connectivity index is 1.39. The number of aryl methyl sites for hydroxylation is 1. The molecule has 0 aromatic heterocycles. The van der Waals surface area contributed by atoms with Gasteiger partial charge in [-0.25, -0.2) is 0 Å². The molecule has 2 fully saturated rings. The van der Waals surface area contributed by atoms with Crippen LogP contribution in [0.2, 0.25) is 0 Å². The van der Waals surface area contributed by atoms with E-state index in [0.29, 0.717) is 6.04 Å². The van der Waals surface area contributed by atoms with Crippen LogP contribution in [0.1, 0.15) is 24.8 Å². The molecule has 0 bridgehead atoms. The maximum absolute atomic E-state index is 6.05. The maximum Gasteiger partial charge on any atom is 0.119 e. The van der Waals surface area contributed by atoms with Gasteiger partial charge in [-0.1, -0.05) is 12.1 Å². The molecular formula is C17H25NO2S. The zero-order chi connectivity index (χ0) is 14.5. The minimum Gasteiger partial charge on any atom is -0.492 e. The molecule has 3 nitrogen and oxygen atoms in total. The highest BCUT2D eigenvalue weighted by atomic mass is 32.2. The maximum atomic E-state index is 6.05. The molecular weight excluding hydrogens is 282 g/mol. The van der Waals surface area contributed by atoms with Gasteiger partial charge in [0, 0.05) is 24.9 Å². The lowest BCUT2D eigenvalue weighted by molar-refractivity contribution is -0.0702. The molecule has 3 rings (SSSR count). The highest BCUT2D eigenvalue weighted by molar-refractivity contribution is 7.99. The molecule has 1 aromatic carbocycles. The first kappa shape index (κ1) is 15.2. The monoisotopic (exact) mass is 307 g/mol. The average molecular weight is 307 g/mol. The Morgan fingerprint density at radius 2 is 2.43 bits per heavy atom. The lowest BCUT2D eigenvalue weighted by Crippen LogP contribution is -2.47. The van der Waals surface area contributed by atoms with Crippen molar-refractivity contribution >= 4 is 11.8 Å². The van der Waals surface area contributed by atoms with Crippen LogP contribution in [0, 0.1) is 6.92 Å². The molecule has 1 aromatic rings. The topological polar surface area (TPSA) is 30.5 Å². The predicted octanol–water partition coefficient (Wildman–Crippen LogP) is 3.02. The van der Waals surface area contributed by atoms with E-state index < -0.39 is 0 Å². The van der Waals surface area contributed by atoms with Gasteiger partial charge in [0.15, 0.2) is 0 Å². The zero-order valence-corrected chi connectivity index (χ0v) is 13.6. The highest BCUT2D eigenvalue weighted by Gasteiger charge is 2.40. The first-order valence-corrected chi connectivity index (χ1v) is 9.06. The Bertz CT molecular complexity index is 460. The number of hydrogen-bond acceptors (Lipinski definition) is 4. The van der Waals surface area contributed by atoms with Crippen molar-refractivity contribution in [3.05, 3.63) is 29.8 Å². The van der Waals surface area contributed by atoms with Crippen molar-refractivity contribution in [3.63, 3.8) is 0 Å². The van der Waals surface area contributed by atoms with Crippen LogP contribution in [0.3, 0.4) is 0 Å². The third-order valence-electron chi connectivity index (χ3n) is 4.35. The van der Waals surface area contributed by atoms with Gasteiger partial charge in [-0.05, 0) is 49.6 Å². The van der Waals surface area contributed by atoms with Crippen molar-refractivity contribution in [2.45, 2.75) is 37.8 Å². The summed E-state index contributed by atoms with van der Waals surface area (Å²) in [6, 6.07) is 8.81. The third-order valence-corrected chi connectivity index (χ3v) is 5.58. The average Bonchev–Trinajstić information content (AvgIpc) is 2.92. The van der Waals surface area contributed by atoms with Crippen molar-refractivity contribution in [1.29, 1.82) is 0 Å². The molecule has 2 aliphatic heterocycles. The molecule has 0 saturated carbocycles. The van der Waals surface area contributed by atoms with E-state index in [2.05, 4.69) is 24.4 Å². The SMILES string of the molecule is Cc1cccc(OCCNC2CCOC3(CCSC3)C2)c1. The Morgan fingerprint density at radius 1 is 1.48 bits per heavy atom. The fourth-order valence-corrected chi connectivity index (χ4v) is 4.58. The molecule has 4 heteroatoms. The van der Waals surface area contributed by atoms with Gasteiger partial charge in [-0.15, -0.1) is 0 Å².